The fourth-order valence-electron chi connectivity index (χ4n) is 2.62. The largest absolute Gasteiger partial charge is 0.356 e. The van der Waals surface area contributed by atoms with Gasteiger partial charge in [-0.2, -0.15) is 5.26 Å². The first kappa shape index (κ1) is 14.1. The van der Waals surface area contributed by atoms with E-state index in [1.165, 1.54) is 12.8 Å². The molecule has 19 heavy (non-hydrogen) atoms. The summed E-state index contributed by atoms with van der Waals surface area (Å²) in [5, 5.41) is 9.41. The highest BCUT2D eigenvalue weighted by Crippen LogP contribution is 2.24. The Bertz CT molecular complexity index is 481. The average molecular weight is 279 g/mol. The molecular weight excluding hydrogens is 260 g/mol. The number of nitrogens with zero attached hydrogens (tertiary/aromatic N) is 4. The Kier molecular flexibility index (Phi) is 4.62. The number of piperidine rings is 1. The Morgan fingerprint density at radius 3 is 3.00 bits per heavy atom. The predicted octanol–water partition coefficient (Wildman–Crippen LogP) is 2.38. The van der Waals surface area contributed by atoms with Crippen molar-refractivity contribution in [1.29, 1.82) is 5.26 Å². The Morgan fingerprint density at radius 2 is 2.32 bits per heavy atom. The number of rotatable bonds is 3. The molecule has 2 heterocycles. The summed E-state index contributed by atoms with van der Waals surface area (Å²) in [6.07, 6.45) is 2.43. The normalized spacial score (nSPS) is 19.5. The number of hydrogen-bond acceptors (Lipinski definition) is 4. The van der Waals surface area contributed by atoms with Crippen LogP contribution in [-0.2, 0) is 0 Å². The Labute approximate surface area is 119 Å². The molecule has 0 unspecified atom stereocenters. The van der Waals surface area contributed by atoms with Crippen molar-refractivity contribution >= 4 is 17.4 Å². The van der Waals surface area contributed by atoms with Crippen LogP contribution in [0.4, 0.5) is 5.82 Å². The molecule has 4 nitrogen and oxygen atoms in total. The van der Waals surface area contributed by atoms with Crippen molar-refractivity contribution in [2.75, 3.05) is 38.6 Å². The first-order valence-electron chi connectivity index (χ1n) is 6.56. The molecule has 0 saturated carbocycles. The zero-order chi connectivity index (χ0) is 13.8. The van der Waals surface area contributed by atoms with Crippen molar-refractivity contribution < 1.29 is 0 Å². The zero-order valence-corrected chi connectivity index (χ0v) is 12.2. The number of nitriles is 1. The number of anilines is 1. The average Bonchev–Trinajstić information content (AvgIpc) is 2.39. The fraction of sp³-hybridized carbons (Fsp3) is 0.571. The van der Waals surface area contributed by atoms with Crippen LogP contribution < -0.4 is 4.90 Å². The summed E-state index contributed by atoms with van der Waals surface area (Å²) in [5.74, 6) is 1.52. The van der Waals surface area contributed by atoms with Gasteiger partial charge in [0.1, 0.15) is 11.9 Å². The van der Waals surface area contributed by atoms with Crippen LogP contribution in [0.2, 0.25) is 5.02 Å². The third-order valence-electron chi connectivity index (χ3n) is 3.40. The molecular formula is C14H19ClN4. The maximum Gasteiger partial charge on any atom is 0.161 e. The lowest BCUT2D eigenvalue weighted by molar-refractivity contribution is 0.291. The summed E-state index contributed by atoms with van der Waals surface area (Å²) in [6, 6.07) is 5.71. The van der Waals surface area contributed by atoms with E-state index in [0.29, 0.717) is 16.6 Å². The van der Waals surface area contributed by atoms with E-state index in [4.69, 9.17) is 16.9 Å². The molecule has 1 saturated heterocycles. The lowest BCUT2D eigenvalue weighted by Gasteiger charge is -2.34. The fourth-order valence-corrected chi connectivity index (χ4v) is 2.77. The summed E-state index contributed by atoms with van der Waals surface area (Å²) < 4.78 is 0. The minimum atomic E-state index is 0.314. The molecule has 0 radical (unpaired) electrons. The molecule has 0 N–H and O–H groups in total. The third-order valence-corrected chi connectivity index (χ3v) is 3.71. The number of halogens is 1. The molecule has 102 valence electrons. The SMILES string of the molecule is CN(C)C[C@@H]1CCCN(c2ccc(Cl)c(C#N)n2)C1. The quantitative estimate of drug-likeness (QED) is 0.851. The van der Waals surface area contributed by atoms with E-state index in [-0.39, 0.29) is 0 Å². The lowest BCUT2D eigenvalue weighted by Crippen LogP contribution is -2.39. The van der Waals surface area contributed by atoms with Crippen LogP contribution in [0.25, 0.3) is 0 Å². The summed E-state index contributed by atoms with van der Waals surface area (Å²) in [6.45, 7) is 3.09. The first-order valence-corrected chi connectivity index (χ1v) is 6.94. The van der Waals surface area contributed by atoms with Gasteiger partial charge in [-0.05, 0) is 45.0 Å². The predicted molar refractivity (Wildman–Crippen MR) is 77.5 cm³/mol. The van der Waals surface area contributed by atoms with Crippen LogP contribution in [0.1, 0.15) is 18.5 Å². The van der Waals surface area contributed by atoms with Gasteiger partial charge in [-0.25, -0.2) is 4.98 Å². The van der Waals surface area contributed by atoms with Gasteiger partial charge in [0.2, 0.25) is 0 Å². The second kappa shape index (κ2) is 6.23. The van der Waals surface area contributed by atoms with E-state index < -0.39 is 0 Å². The molecule has 0 aliphatic carbocycles. The van der Waals surface area contributed by atoms with Crippen LogP contribution in [0, 0.1) is 17.2 Å². The van der Waals surface area contributed by atoms with Gasteiger partial charge in [0.05, 0.1) is 5.02 Å². The highest BCUT2D eigenvalue weighted by atomic mass is 35.5. The molecule has 1 fully saturated rings. The second-order valence-corrected chi connectivity index (χ2v) is 5.74. The van der Waals surface area contributed by atoms with Gasteiger partial charge in [-0.3, -0.25) is 0 Å². The monoisotopic (exact) mass is 278 g/mol. The smallest absolute Gasteiger partial charge is 0.161 e. The van der Waals surface area contributed by atoms with Gasteiger partial charge in [0.25, 0.3) is 0 Å². The van der Waals surface area contributed by atoms with E-state index in [2.05, 4.69) is 28.9 Å². The Balaban J connectivity index is 2.11. The topological polar surface area (TPSA) is 43.2 Å². The van der Waals surface area contributed by atoms with Crippen molar-refractivity contribution in [3.05, 3.63) is 22.8 Å². The molecule has 1 aliphatic rings. The standard InChI is InChI=1S/C14H19ClN4/c1-18(2)9-11-4-3-7-19(10-11)14-6-5-12(15)13(8-16)17-14/h5-6,11H,3-4,7,9-10H2,1-2H3/t11-/m0/s1. The van der Waals surface area contributed by atoms with Crippen LogP contribution in [-0.4, -0.2) is 43.6 Å². The highest BCUT2D eigenvalue weighted by Gasteiger charge is 2.21. The highest BCUT2D eigenvalue weighted by molar-refractivity contribution is 6.31. The number of hydrogen-bond donors (Lipinski definition) is 0. The molecule has 0 aromatic carbocycles. The van der Waals surface area contributed by atoms with E-state index in [1.54, 1.807) is 6.07 Å². The van der Waals surface area contributed by atoms with Crippen molar-refractivity contribution in [3.63, 3.8) is 0 Å². The van der Waals surface area contributed by atoms with Gasteiger partial charge in [-0.15, -0.1) is 0 Å². The first-order chi connectivity index (χ1) is 9.10. The minimum absolute atomic E-state index is 0.314. The van der Waals surface area contributed by atoms with Crippen molar-refractivity contribution in [2.24, 2.45) is 5.92 Å². The van der Waals surface area contributed by atoms with Crippen LogP contribution in [0.5, 0.6) is 0 Å². The number of pyridine rings is 1. The summed E-state index contributed by atoms with van der Waals surface area (Å²) in [5.41, 5.74) is 0.314. The Hall–Kier alpha value is -1.31. The van der Waals surface area contributed by atoms with Crippen LogP contribution in [0.3, 0.4) is 0 Å². The molecule has 5 heteroatoms. The molecule has 1 aromatic heterocycles. The van der Waals surface area contributed by atoms with Crippen LogP contribution in [0.15, 0.2) is 12.1 Å². The summed E-state index contributed by atoms with van der Waals surface area (Å²) in [7, 11) is 4.21. The number of aromatic nitrogens is 1. The molecule has 1 atom stereocenters. The third kappa shape index (κ3) is 3.59. The zero-order valence-electron chi connectivity index (χ0n) is 11.4. The molecule has 0 amide bonds. The van der Waals surface area contributed by atoms with Crippen molar-refractivity contribution in [3.8, 4) is 6.07 Å². The molecule has 1 aromatic rings. The van der Waals surface area contributed by atoms with Gasteiger partial charge >= 0.3 is 0 Å². The van der Waals surface area contributed by atoms with E-state index in [9.17, 15) is 0 Å². The second-order valence-electron chi connectivity index (χ2n) is 5.33. The van der Waals surface area contributed by atoms with Crippen LogP contribution >= 0.6 is 11.6 Å². The van der Waals surface area contributed by atoms with E-state index in [1.807, 2.05) is 12.1 Å². The van der Waals surface area contributed by atoms with Gasteiger partial charge in [0.15, 0.2) is 5.69 Å². The van der Waals surface area contributed by atoms with E-state index in [0.717, 1.165) is 25.5 Å². The maximum absolute atomic E-state index is 8.99. The lowest BCUT2D eigenvalue weighted by atomic mass is 9.97. The Morgan fingerprint density at radius 1 is 1.53 bits per heavy atom. The van der Waals surface area contributed by atoms with Gasteiger partial charge in [-0.1, -0.05) is 11.6 Å². The van der Waals surface area contributed by atoms with Gasteiger partial charge in [0, 0.05) is 19.6 Å². The summed E-state index contributed by atoms with van der Waals surface area (Å²) >= 11 is 5.92. The molecule has 2 rings (SSSR count). The summed E-state index contributed by atoms with van der Waals surface area (Å²) in [4.78, 5) is 8.83. The van der Waals surface area contributed by atoms with Crippen molar-refractivity contribution in [1.82, 2.24) is 9.88 Å². The molecule has 1 aliphatic heterocycles. The van der Waals surface area contributed by atoms with Gasteiger partial charge < -0.3 is 9.80 Å². The maximum atomic E-state index is 8.99. The minimum Gasteiger partial charge on any atom is -0.356 e. The molecule has 0 bridgehead atoms. The van der Waals surface area contributed by atoms with E-state index >= 15 is 0 Å². The van der Waals surface area contributed by atoms with Crippen molar-refractivity contribution in [2.45, 2.75) is 12.8 Å². The molecule has 0 spiro atoms.